The maximum Gasteiger partial charge on any atom is 0.410 e. The number of amides is 4. The Kier molecular flexibility index (Phi) is 16.9. The molecular weight excluding hydrogens is 572 g/mol. The molecular formula is C31H60N4O9. The van der Waals surface area contributed by atoms with E-state index in [1.165, 1.54) is 4.90 Å². The summed E-state index contributed by atoms with van der Waals surface area (Å²) in [6, 6.07) is -0.583. The molecule has 1 unspecified atom stereocenters. The van der Waals surface area contributed by atoms with Crippen LogP contribution in [0.2, 0.25) is 0 Å². The summed E-state index contributed by atoms with van der Waals surface area (Å²) in [4.78, 5) is 53.0. The molecule has 0 aliphatic heterocycles. The third kappa shape index (κ3) is 21.7. The van der Waals surface area contributed by atoms with Gasteiger partial charge in [0.25, 0.3) is 0 Å². The fourth-order valence-electron chi connectivity index (χ4n) is 3.76. The van der Waals surface area contributed by atoms with E-state index in [-0.39, 0.29) is 19.7 Å². The molecule has 13 heteroatoms. The summed E-state index contributed by atoms with van der Waals surface area (Å²) in [6.45, 7) is 22.4. The van der Waals surface area contributed by atoms with E-state index in [2.05, 4.69) is 10.6 Å². The average molecular weight is 633 g/mol. The molecule has 3 N–H and O–H groups in total. The van der Waals surface area contributed by atoms with E-state index in [9.17, 15) is 24.3 Å². The fraction of sp³-hybridized carbons (Fsp3) is 0.871. The molecule has 0 aromatic rings. The van der Waals surface area contributed by atoms with Crippen LogP contribution in [0.5, 0.6) is 0 Å². The van der Waals surface area contributed by atoms with Crippen molar-refractivity contribution in [2.45, 2.75) is 137 Å². The third-order valence-corrected chi connectivity index (χ3v) is 5.41. The predicted molar refractivity (Wildman–Crippen MR) is 169 cm³/mol. The molecule has 1 atom stereocenters. The molecule has 0 aliphatic rings. The van der Waals surface area contributed by atoms with Crippen LogP contribution >= 0.6 is 0 Å². The first-order valence-electron chi connectivity index (χ1n) is 15.4. The Morgan fingerprint density at radius 2 is 0.977 bits per heavy atom. The molecule has 0 saturated heterocycles. The summed E-state index contributed by atoms with van der Waals surface area (Å²) < 4.78 is 21.7. The van der Waals surface area contributed by atoms with Crippen molar-refractivity contribution in [3.05, 3.63) is 0 Å². The Labute approximate surface area is 264 Å². The molecule has 0 aromatic carbocycles. The molecule has 0 heterocycles. The SMILES string of the molecule is CC(C)(C)OC(=O)NCCCN(CCCC(CO)N(CCCNC(=O)OC(C)(C)C)C(=O)OC(C)(C)C)C(=O)OC(C)(C)C. The minimum absolute atomic E-state index is 0.224. The molecule has 0 aromatic heterocycles. The number of aliphatic hydroxyl groups excluding tert-OH is 1. The molecule has 258 valence electrons. The summed E-state index contributed by atoms with van der Waals surface area (Å²) in [5, 5.41) is 15.6. The van der Waals surface area contributed by atoms with Crippen molar-refractivity contribution < 1.29 is 43.2 Å². The highest BCUT2D eigenvalue weighted by atomic mass is 16.6. The Hall–Kier alpha value is -2.96. The van der Waals surface area contributed by atoms with E-state index in [1.807, 2.05) is 0 Å². The molecule has 0 rings (SSSR count). The second kappa shape index (κ2) is 18.1. The summed E-state index contributed by atoms with van der Waals surface area (Å²) in [5.41, 5.74) is -2.68. The molecule has 0 radical (unpaired) electrons. The Morgan fingerprint density at radius 1 is 0.591 bits per heavy atom. The van der Waals surface area contributed by atoms with Crippen LogP contribution in [-0.2, 0) is 18.9 Å². The van der Waals surface area contributed by atoms with Crippen molar-refractivity contribution in [3.63, 3.8) is 0 Å². The van der Waals surface area contributed by atoms with Gasteiger partial charge in [0.15, 0.2) is 0 Å². The lowest BCUT2D eigenvalue weighted by molar-refractivity contribution is 0.00591. The van der Waals surface area contributed by atoms with E-state index in [0.717, 1.165) is 0 Å². The molecule has 4 amide bonds. The van der Waals surface area contributed by atoms with Crippen LogP contribution in [-0.4, -0.2) is 107 Å². The highest BCUT2D eigenvalue weighted by Crippen LogP contribution is 2.17. The molecule has 0 saturated carbocycles. The van der Waals surface area contributed by atoms with Crippen molar-refractivity contribution >= 4 is 24.4 Å². The van der Waals surface area contributed by atoms with Crippen LogP contribution in [0.4, 0.5) is 19.2 Å². The summed E-state index contributed by atoms with van der Waals surface area (Å²) >= 11 is 0. The highest BCUT2D eigenvalue weighted by Gasteiger charge is 2.29. The lowest BCUT2D eigenvalue weighted by Crippen LogP contribution is -2.47. The number of carbonyl (C=O) groups excluding carboxylic acids is 4. The number of rotatable bonds is 14. The summed E-state index contributed by atoms with van der Waals surface area (Å²) in [5.74, 6) is 0. The van der Waals surface area contributed by atoms with Gasteiger partial charge in [-0.25, -0.2) is 19.2 Å². The van der Waals surface area contributed by atoms with Crippen LogP contribution in [0, 0.1) is 0 Å². The predicted octanol–water partition coefficient (Wildman–Crippen LogP) is 5.43. The van der Waals surface area contributed by atoms with Gasteiger partial charge < -0.3 is 44.5 Å². The lowest BCUT2D eigenvalue weighted by atomic mass is 10.1. The highest BCUT2D eigenvalue weighted by molar-refractivity contribution is 5.69. The number of ether oxygens (including phenoxy) is 4. The van der Waals surface area contributed by atoms with Crippen LogP contribution < -0.4 is 10.6 Å². The average Bonchev–Trinajstić information content (AvgIpc) is 2.79. The first-order chi connectivity index (χ1) is 19.9. The van der Waals surface area contributed by atoms with Crippen molar-refractivity contribution in [1.29, 1.82) is 0 Å². The Balaban J connectivity index is 5.35. The van der Waals surface area contributed by atoms with Gasteiger partial charge >= 0.3 is 24.4 Å². The van der Waals surface area contributed by atoms with E-state index >= 15 is 0 Å². The van der Waals surface area contributed by atoms with Gasteiger partial charge in [0.2, 0.25) is 0 Å². The number of hydrogen-bond acceptors (Lipinski definition) is 9. The molecule has 0 aliphatic carbocycles. The van der Waals surface area contributed by atoms with Gasteiger partial charge in [-0.15, -0.1) is 0 Å². The van der Waals surface area contributed by atoms with Crippen molar-refractivity contribution in [1.82, 2.24) is 20.4 Å². The summed E-state index contributed by atoms with van der Waals surface area (Å²) in [6.07, 6.45) is -0.442. The Bertz CT molecular complexity index is 900. The molecule has 44 heavy (non-hydrogen) atoms. The van der Waals surface area contributed by atoms with Gasteiger partial charge in [0, 0.05) is 32.7 Å². The lowest BCUT2D eigenvalue weighted by Gasteiger charge is -2.33. The third-order valence-electron chi connectivity index (χ3n) is 5.41. The van der Waals surface area contributed by atoms with Gasteiger partial charge in [0.05, 0.1) is 12.6 Å². The van der Waals surface area contributed by atoms with Gasteiger partial charge in [-0.2, -0.15) is 0 Å². The van der Waals surface area contributed by atoms with Gasteiger partial charge in [-0.1, -0.05) is 0 Å². The number of nitrogens with one attached hydrogen (secondary N) is 2. The maximum atomic E-state index is 13.1. The van der Waals surface area contributed by atoms with E-state index < -0.39 is 52.8 Å². The largest absolute Gasteiger partial charge is 0.444 e. The zero-order valence-corrected chi connectivity index (χ0v) is 29.3. The standard InChI is InChI=1S/C31H60N4O9/c1-28(2,3)41-24(37)32-17-14-20-34(26(39)43-30(7,8)9)19-13-16-23(22-36)35(27(40)44-31(10,11)12)21-15-18-33-25(38)42-29(4,5)6/h23,36H,13-22H2,1-12H3,(H,32,37)(H,33,38). The summed E-state index contributed by atoms with van der Waals surface area (Å²) in [7, 11) is 0. The number of alkyl carbamates (subject to hydrolysis) is 2. The zero-order valence-electron chi connectivity index (χ0n) is 29.3. The zero-order chi connectivity index (χ0) is 34.4. The van der Waals surface area contributed by atoms with Crippen LogP contribution in [0.25, 0.3) is 0 Å². The van der Waals surface area contributed by atoms with E-state index in [1.54, 1.807) is 88.0 Å². The maximum absolute atomic E-state index is 13.1. The minimum atomic E-state index is -0.745. The second-order valence-corrected chi connectivity index (χ2v) is 14.7. The van der Waals surface area contributed by atoms with Gasteiger partial charge in [-0.05, 0) is 109 Å². The van der Waals surface area contributed by atoms with Crippen molar-refractivity contribution in [3.8, 4) is 0 Å². The number of hydrogen-bond donors (Lipinski definition) is 3. The van der Waals surface area contributed by atoms with Crippen LogP contribution in [0.1, 0.15) is 109 Å². The Morgan fingerprint density at radius 3 is 1.39 bits per heavy atom. The van der Waals surface area contributed by atoms with Crippen molar-refractivity contribution in [2.24, 2.45) is 0 Å². The molecule has 0 spiro atoms. The molecule has 0 fully saturated rings. The monoisotopic (exact) mass is 632 g/mol. The fourth-order valence-corrected chi connectivity index (χ4v) is 3.76. The second-order valence-electron chi connectivity index (χ2n) is 14.7. The molecule has 0 bridgehead atoms. The van der Waals surface area contributed by atoms with Crippen molar-refractivity contribution in [2.75, 3.05) is 39.3 Å². The van der Waals surface area contributed by atoms with Gasteiger partial charge in [-0.3, -0.25) is 0 Å². The number of nitrogens with zero attached hydrogens (tertiary/aromatic N) is 2. The van der Waals surface area contributed by atoms with Gasteiger partial charge in [0.1, 0.15) is 22.4 Å². The smallest absolute Gasteiger partial charge is 0.410 e. The van der Waals surface area contributed by atoms with E-state index in [4.69, 9.17) is 18.9 Å². The quantitative estimate of drug-likeness (QED) is 0.168. The topological polar surface area (TPSA) is 156 Å². The van der Waals surface area contributed by atoms with E-state index in [0.29, 0.717) is 45.3 Å². The first-order valence-corrected chi connectivity index (χ1v) is 15.4. The number of aliphatic hydroxyl groups is 1. The normalized spacial score (nSPS) is 12.9. The van der Waals surface area contributed by atoms with Crippen LogP contribution in [0.3, 0.4) is 0 Å². The molecule has 13 nitrogen and oxygen atoms in total. The minimum Gasteiger partial charge on any atom is -0.444 e. The number of carbonyl (C=O) groups is 4. The first kappa shape index (κ1) is 41.0. The van der Waals surface area contributed by atoms with Crippen LogP contribution in [0.15, 0.2) is 0 Å².